The van der Waals surface area contributed by atoms with Gasteiger partial charge in [-0.1, -0.05) is 13.8 Å². The number of anilines is 3. The molecule has 5 nitrogen and oxygen atoms in total. The van der Waals surface area contributed by atoms with Crippen LogP contribution < -0.4 is 11.1 Å². The fourth-order valence-corrected chi connectivity index (χ4v) is 2.11. The molecular weight excluding hydrogens is 288 g/mol. The van der Waals surface area contributed by atoms with Crippen molar-refractivity contribution in [3.8, 4) is 0 Å². The highest BCUT2D eigenvalue weighted by atomic mass is 32.2. The highest BCUT2D eigenvalue weighted by molar-refractivity contribution is 7.85. The summed E-state index contributed by atoms with van der Waals surface area (Å²) in [5, 5.41) is 3.12. The second-order valence-electron chi connectivity index (χ2n) is 4.20. The van der Waals surface area contributed by atoms with Crippen molar-refractivity contribution < 1.29 is 13.0 Å². The number of benzene rings is 2. The standard InChI is InChI=1S/C13H14N2O3S.C2H6/c1-9-8-11(4-7-13(9)14)15-10-2-5-12(6-3-10)19(16,17)18;1-2/h2-8,15H,14H2,1H3,(H,16,17,18);1-2H3. The SMILES string of the molecule is CC.Cc1cc(Nc2ccc(S(=O)(=O)O)cc2)ccc1N. The number of rotatable bonds is 3. The van der Waals surface area contributed by atoms with Gasteiger partial charge in [-0.2, -0.15) is 8.42 Å². The topological polar surface area (TPSA) is 92.4 Å². The first-order valence-corrected chi connectivity index (χ1v) is 8.01. The predicted octanol–water partition coefficient (Wildman–Crippen LogP) is 3.59. The van der Waals surface area contributed by atoms with Gasteiger partial charge in [-0.15, -0.1) is 0 Å². The third-order valence-electron chi connectivity index (χ3n) is 2.71. The minimum absolute atomic E-state index is 0.133. The molecule has 2 aromatic carbocycles. The number of nitrogens with one attached hydrogen (secondary N) is 1. The molecule has 0 radical (unpaired) electrons. The van der Waals surface area contributed by atoms with E-state index in [1.54, 1.807) is 18.2 Å². The van der Waals surface area contributed by atoms with E-state index in [4.69, 9.17) is 10.3 Å². The van der Waals surface area contributed by atoms with E-state index < -0.39 is 10.1 Å². The van der Waals surface area contributed by atoms with E-state index in [2.05, 4.69) is 5.32 Å². The lowest BCUT2D eigenvalue weighted by molar-refractivity contribution is 0.483. The van der Waals surface area contributed by atoms with Crippen LogP contribution in [0.5, 0.6) is 0 Å². The lowest BCUT2D eigenvalue weighted by Crippen LogP contribution is -1.98. The molecule has 0 aliphatic rings. The summed E-state index contributed by atoms with van der Waals surface area (Å²) in [5.41, 5.74) is 8.97. The van der Waals surface area contributed by atoms with Gasteiger partial charge in [-0.05, 0) is 55.0 Å². The number of nitrogens with two attached hydrogens (primary N) is 1. The van der Waals surface area contributed by atoms with E-state index in [0.29, 0.717) is 5.69 Å². The van der Waals surface area contributed by atoms with Crippen LogP contribution in [0.25, 0.3) is 0 Å². The zero-order valence-electron chi connectivity index (χ0n) is 12.3. The van der Waals surface area contributed by atoms with Crippen LogP contribution in [0.1, 0.15) is 19.4 Å². The van der Waals surface area contributed by atoms with Crippen LogP contribution in [0, 0.1) is 6.92 Å². The Morgan fingerprint density at radius 1 is 1.00 bits per heavy atom. The summed E-state index contributed by atoms with van der Waals surface area (Å²) in [6, 6.07) is 11.3. The summed E-state index contributed by atoms with van der Waals surface area (Å²) in [5.74, 6) is 0. The van der Waals surface area contributed by atoms with Crippen LogP contribution >= 0.6 is 0 Å². The predicted molar refractivity (Wildman–Crippen MR) is 86.5 cm³/mol. The first kappa shape index (κ1) is 17.0. The quantitative estimate of drug-likeness (QED) is 0.595. The van der Waals surface area contributed by atoms with Crippen LogP contribution in [-0.4, -0.2) is 13.0 Å². The van der Waals surface area contributed by atoms with Gasteiger partial charge < -0.3 is 11.1 Å². The fraction of sp³-hybridized carbons (Fsp3) is 0.200. The molecule has 0 atom stereocenters. The Kier molecular flexibility index (Phi) is 5.75. The molecule has 0 aliphatic heterocycles. The minimum atomic E-state index is -4.15. The Labute approximate surface area is 125 Å². The number of nitrogen functional groups attached to an aromatic ring is 1. The smallest absolute Gasteiger partial charge is 0.294 e. The Morgan fingerprint density at radius 3 is 2.00 bits per heavy atom. The van der Waals surface area contributed by atoms with Gasteiger partial charge >= 0.3 is 0 Å². The molecule has 0 bridgehead atoms. The third-order valence-corrected chi connectivity index (χ3v) is 3.58. The van der Waals surface area contributed by atoms with Crippen molar-refractivity contribution in [1.29, 1.82) is 0 Å². The maximum Gasteiger partial charge on any atom is 0.294 e. The van der Waals surface area contributed by atoms with Gasteiger partial charge in [-0.3, -0.25) is 4.55 Å². The molecule has 0 heterocycles. The summed E-state index contributed by atoms with van der Waals surface area (Å²) in [6.45, 7) is 5.90. The third kappa shape index (κ3) is 4.77. The molecule has 0 fully saturated rings. The monoisotopic (exact) mass is 308 g/mol. The van der Waals surface area contributed by atoms with Crippen molar-refractivity contribution in [1.82, 2.24) is 0 Å². The van der Waals surface area contributed by atoms with Crippen molar-refractivity contribution in [2.75, 3.05) is 11.1 Å². The molecule has 114 valence electrons. The number of aryl methyl sites for hydroxylation is 1. The molecule has 0 amide bonds. The maximum absolute atomic E-state index is 10.9. The van der Waals surface area contributed by atoms with Crippen LogP contribution in [0.2, 0.25) is 0 Å². The molecule has 4 N–H and O–H groups in total. The van der Waals surface area contributed by atoms with Gasteiger partial charge in [0, 0.05) is 17.1 Å². The summed E-state index contributed by atoms with van der Waals surface area (Å²) >= 11 is 0. The number of hydrogen-bond acceptors (Lipinski definition) is 4. The first-order chi connectivity index (χ1) is 9.86. The minimum Gasteiger partial charge on any atom is -0.399 e. The molecule has 6 heteroatoms. The van der Waals surface area contributed by atoms with Crippen molar-refractivity contribution in [2.24, 2.45) is 0 Å². The van der Waals surface area contributed by atoms with Crippen molar-refractivity contribution >= 4 is 27.2 Å². The van der Waals surface area contributed by atoms with Crippen molar-refractivity contribution in [3.05, 3.63) is 48.0 Å². The second-order valence-corrected chi connectivity index (χ2v) is 5.62. The van der Waals surface area contributed by atoms with Gasteiger partial charge in [0.05, 0.1) is 4.90 Å². The van der Waals surface area contributed by atoms with Gasteiger partial charge in [0.1, 0.15) is 0 Å². The molecule has 0 saturated heterocycles. The van der Waals surface area contributed by atoms with Gasteiger partial charge in [0.15, 0.2) is 0 Å². The van der Waals surface area contributed by atoms with Crippen molar-refractivity contribution in [2.45, 2.75) is 25.7 Å². The summed E-state index contributed by atoms with van der Waals surface area (Å²) in [7, 11) is -4.15. The summed E-state index contributed by atoms with van der Waals surface area (Å²) in [6.07, 6.45) is 0. The van der Waals surface area contributed by atoms with Crippen LogP contribution in [0.4, 0.5) is 17.1 Å². The average Bonchev–Trinajstić information content (AvgIpc) is 2.45. The summed E-state index contributed by atoms with van der Waals surface area (Å²) < 4.78 is 30.7. The molecule has 2 aromatic rings. The molecule has 21 heavy (non-hydrogen) atoms. The Balaban J connectivity index is 0.00000106. The molecule has 0 unspecified atom stereocenters. The second kappa shape index (κ2) is 7.10. The van der Waals surface area contributed by atoms with E-state index in [0.717, 1.165) is 16.9 Å². The Hall–Kier alpha value is -2.05. The number of hydrogen-bond donors (Lipinski definition) is 3. The van der Waals surface area contributed by atoms with E-state index in [9.17, 15) is 8.42 Å². The lowest BCUT2D eigenvalue weighted by atomic mass is 10.2. The molecule has 0 aromatic heterocycles. The van der Waals surface area contributed by atoms with E-state index >= 15 is 0 Å². The van der Waals surface area contributed by atoms with Gasteiger partial charge in [-0.25, -0.2) is 0 Å². The fourth-order valence-electron chi connectivity index (χ4n) is 1.63. The molecule has 2 rings (SSSR count). The molecular formula is C15H20N2O3S. The Morgan fingerprint density at radius 2 is 1.52 bits per heavy atom. The molecule has 0 saturated carbocycles. The zero-order valence-corrected chi connectivity index (χ0v) is 13.1. The largest absolute Gasteiger partial charge is 0.399 e. The van der Waals surface area contributed by atoms with E-state index in [-0.39, 0.29) is 4.90 Å². The van der Waals surface area contributed by atoms with Gasteiger partial charge in [0.25, 0.3) is 10.1 Å². The van der Waals surface area contributed by atoms with Crippen LogP contribution in [0.15, 0.2) is 47.4 Å². The molecule has 0 spiro atoms. The zero-order chi connectivity index (χ0) is 16.0. The lowest BCUT2D eigenvalue weighted by Gasteiger charge is -2.09. The highest BCUT2D eigenvalue weighted by Crippen LogP contribution is 2.22. The first-order valence-electron chi connectivity index (χ1n) is 6.57. The van der Waals surface area contributed by atoms with E-state index in [1.165, 1.54) is 12.1 Å². The van der Waals surface area contributed by atoms with Crippen molar-refractivity contribution in [3.63, 3.8) is 0 Å². The van der Waals surface area contributed by atoms with Gasteiger partial charge in [0.2, 0.25) is 0 Å². The summed E-state index contributed by atoms with van der Waals surface area (Å²) in [4.78, 5) is -0.133. The maximum atomic E-state index is 10.9. The van der Waals surface area contributed by atoms with Crippen LogP contribution in [-0.2, 0) is 10.1 Å². The van der Waals surface area contributed by atoms with E-state index in [1.807, 2.05) is 32.9 Å². The Bertz CT molecular complexity index is 695. The van der Waals surface area contributed by atoms with Crippen LogP contribution in [0.3, 0.4) is 0 Å². The highest BCUT2D eigenvalue weighted by Gasteiger charge is 2.08. The average molecular weight is 308 g/mol. The normalized spacial score (nSPS) is 10.5. The molecule has 0 aliphatic carbocycles.